The molecule has 0 fully saturated rings. The normalized spacial score (nSPS) is 12.2. The van der Waals surface area contributed by atoms with E-state index >= 15 is 0 Å². The van der Waals surface area contributed by atoms with E-state index in [1.165, 1.54) is 0 Å². The standard InChI is InChI=1S/C17H18ClN5O/c1-11-7-16(21-23(11)15-6-4-5-14(18)8-15)17(24)20-12(2)13-9-19-22(3)10-13/h4-10,12H,1-3H3,(H,20,24)/t12-/m0/s1. The topological polar surface area (TPSA) is 64.7 Å². The summed E-state index contributed by atoms with van der Waals surface area (Å²) in [6, 6.07) is 8.96. The van der Waals surface area contributed by atoms with Crippen LogP contribution in [0, 0.1) is 6.92 Å². The third-order valence-electron chi connectivity index (χ3n) is 3.75. The number of carbonyl (C=O) groups excluding carboxylic acids is 1. The molecule has 7 heteroatoms. The smallest absolute Gasteiger partial charge is 0.272 e. The number of rotatable bonds is 4. The van der Waals surface area contributed by atoms with Gasteiger partial charge in [-0.15, -0.1) is 0 Å². The molecule has 0 aliphatic heterocycles. The Hall–Kier alpha value is -2.60. The fourth-order valence-electron chi connectivity index (χ4n) is 2.47. The third-order valence-corrected chi connectivity index (χ3v) is 3.98. The summed E-state index contributed by atoms with van der Waals surface area (Å²) in [5.74, 6) is -0.227. The number of hydrogen-bond acceptors (Lipinski definition) is 3. The molecule has 2 heterocycles. The van der Waals surface area contributed by atoms with Crippen LogP contribution in [0.15, 0.2) is 42.7 Å². The van der Waals surface area contributed by atoms with Crippen LogP contribution in [0.4, 0.5) is 0 Å². The summed E-state index contributed by atoms with van der Waals surface area (Å²) in [4.78, 5) is 12.5. The van der Waals surface area contributed by atoms with Gasteiger partial charge in [-0.2, -0.15) is 10.2 Å². The molecule has 0 spiro atoms. The van der Waals surface area contributed by atoms with E-state index in [4.69, 9.17) is 11.6 Å². The molecule has 3 aromatic rings. The molecule has 0 saturated heterocycles. The molecule has 24 heavy (non-hydrogen) atoms. The fraction of sp³-hybridized carbons (Fsp3) is 0.235. The Balaban J connectivity index is 1.80. The van der Waals surface area contributed by atoms with Crippen molar-refractivity contribution in [2.24, 2.45) is 7.05 Å². The van der Waals surface area contributed by atoms with E-state index in [0.29, 0.717) is 10.7 Å². The minimum Gasteiger partial charge on any atom is -0.344 e. The van der Waals surface area contributed by atoms with E-state index < -0.39 is 0 Å². The molecule has 124 valence electrons. The minimum absolute atomic E-state index is 0.150. The number of hydrogen-bond donors (Lipinski definition) is 1. The zero-order valence-electron chi connectivity index (χ0n) is 13.7. The van der Waals surface area contributed by atoms with Crippen molar-refractivity contribution in [2.45, 2.75) is 19.9 Å². The maximum Gasteiger partial charge on any atom is 0.272 e. The van der Waals surface area contributed by atoms with Crippen LogP contribution in [0.2, 0.25) is 5.02 Å². The zero-order valence-corrected chi connectivity index (χ0v) is 14.4. The number of nitrogens with one attached hydrogen (secondary N) is 1. The molecule has 1 atom stereocenters. The van der Waals surface area contributed by atoms with Gasteiger partial charge in [-0.25, -0.2) is 4.68 Å². The second kappa shape index (κ2) is 6.49. The first kappa shape index (κ1) is 16.3. The molecule has 1 N–H and O–H groups in total. The van der Waals surface area contributed by atoms with Crippen molar-refractivity contribution in [3.05, 3.63) is 64.7 Å². The largest absolute Gasteiger partial charge is 0.344 e. The van der Waals surface area contributed by atoms with Gasteiger partial charge in [-0.1, -0.05) is 17.7 Å². The van der Waals surface area contributed by atoms with Crippen LogP contribution >= 0.6 is 11.6 Å². The van der Waals surface area contributed by atoms with Gasteiger partial charge in [0.05, 0.1) is 17.9 Å². The van der Waals surface area contributed by atoms with E-state index in [-0.39, 0.29) is 11.9 Å². The first-order valence-electron chi connectivity index (χ1n) is 7.56. The Labute approximate surface area is 145 Å². The van der Waals surface area contributed by atoms with Crippen LogP contribution in [0.3, 0.4) is 0 Å². The summed E-state index contributed by atoms with van der Waals surface area (Å²) < 4.78 is 3.41. The monoisotopic (exact) mass is 343 g/mol. The number of benzene rings is 1. The number of halogens is 1. The summed E-state index contributed by atoms with van der Waals surface area (Å²) in [5, 5.41) is 12.1. The minimum atomic E-state index is -0.227. The summed E-state index contributed by atoms with van der Waals surface area (Å²) in [5.41, 5.74) is 2.98. The molecule has 0 saturated carbocycles. The maximum atomic E-state index is 12.5. The maximum absolute atomic E-state index is 12.5. The Kier molecular flexibility index (Phi) is 4.40. The van der Waals surface area contributed by atoms with E-state index in [1.807, 2.05) is 45.3 Å². The Morgan fingerprint density at radius 2 is 2.12 bits per heavy atom. The lowest BCUT2D eigenvalue weighted by Gasteiger charge is -2.10. The van der Waals surface area contributed by atoms with E-state index in [0.717, 1.165) is 16.9 Å². The lowest BCUT2D eigenvalue weighted by molar-refractivity contribution is 0.0934. The van der Waals surface area contributed by atoms with Crippen molar-refractivity contribution in [1.29, 1.82) is 0 Å². The van der Waals surface area contributed by atoms with Crippen molar-refractivity contribution in [1.82, 2.24) is 24.9 Å². The number of aromatic nitrogens is 4. The number of amides is 1. The van der Waals surface area contributed by atoms with Gasteiger partial charge < -0.3 is 5.32 Å². The van der Waals surface area contributed by atoms with E-state index in [9.17, 15) is 4.79 Å². The van der Waals surface area contributed by atoms with E-state index in [1.54, 1.807) is 27.7 Å². The van der Waals surface area contributed by atoms with Gasteiger partial charge >= 0.3 is 0 Å². The summed E-state index contributed by atoms with van der Waals surface area (Å²) in [7, 11) is 1.84. The van der Waals surface area contributed by atoms with Gasteiger partial charge in [0.25, 0.3) is 5.91 Å². The Bertz CT molecular complexity index is 883. The highest BCUT2D eigenvalue weighted by Gasteiger charge is 2.17. The van der Waals surface area contributed by atoms with Crippen LogP contribution < -0.4 is 5.32 Å². The number of carbonyl (C=O) groups is 1. The van der Waals surface area contributed by atoms with Gasteiger partial charge in [-0.05, 0) is 38.1 Å². The fourth-order valence-corrected chi connectivity index (χ4v) is 2.66. The van der Waals surface area contributed by atoms with Crippen LogP contribution in [0.25, 0.3) is 5.69 Å². The Morgan fingerprint density at radius 3 is 2.79 bits per heavy atom. The second-order valence-electron chi connectivity index (χ2n) is 5.71. The second-order valence-corrected chi connectivity index (χ2v) is 6.14. The van der Waals surface area contributed by atoms with Crippen molar-refractivity contribution in [3.8, 4) is 5.69 Å². The van der Waals surface area contributed by atoms with Gasteiger partial charge in [0.2, 0.25) is 0 Å². The SMILES string of the molecule is Cc1cc(C(=O)N[C@@H](C)c2cnn(C)c2)nn1-c1cccc(Cl)c1. The highest BCUT2D eigenvalue weighted by atomic mass is 35.5. The molecular weight excluding hydrogens is 326 g/mol. The molecule has 1 amide bonds. The Morgan fingerprint density at radius 1 is 1.33 bits per heavy atom. The van der Waals surface area contributed by atoms with Gasteiger partial charge in [-0.3, -0.25) is 9.48 Å². The van der Waals surface area contributed by atoms with Crippen molar-refractivity contribution < 1.29 is 4.79 Å². The lowest BCUT2D eigenvalue weighted by atomic mass is 10.2. The predicted octanol–water partition coefficient (Wildman–Crippen LogP) is 3.06. The lowest BCUT2D eigenvalue weighted by Crippen LogP contribution is -2.27. The molecule has 0 unspecified atom stereocenters. The first-order valence-corrected chi connectivity index (χ1v) is 7.94. The molecule has 6 nitrogen and oxygen atoms in total. The van der Waals surface area contributed by atoms with Gasteiger partial charge in [0.15, 0.2) is 5.69 Å². The molecular formula is C17H18ClN5O. The average molecular weight is 344 g/mol. The van der Waals surface area contributed by atoms with Crippen molar-refractivity contribution >= 4 is 17.5 Å². The van der Waals surface area contributed by atoms with Crippen LogP contribution in [-0.4, -0.2) is 25.5 Å². The van der Waals surface area contributed by atoms with Crippen LogP contribution in [0.1, 0.15) is 34.7 Å². The number of aryl methyl sites for hydroxylation is 2. The summed E-state index contributed by atoms with van der Waals surface area (Å²) in [6.07, 6.45) is 3.61. The van der Waals surface area contributed by atoms with Crippen LogP contribution in [-0.2, 0) is 7.05 Å². The van der Waals surface area contributed by atoms with Crippen LogP contribution in [0.5, 0.6) is 0 Å². The summed E-state index contributed by atoms with van der Waals surface area (Å²) in [6.45, 7) is 3.81. The highest BCUT2D eigenvalue weighted by Crippen LogP contribution is 2.17. The zero-order chi connectivity index (χ0) is 17.3. The van der Waals surface area contributed by atoms with Crippen molar-refractivity contribution in [2.75, 3.05) is 0 Å². The first-order chi connectivity index (χ1) is 11.4. The quantitative estimate of drug-likeness (QED) is 0.791. The average Bonchev–Trinajstić information content (AvgIpc) is 3.13. The molecule has 1 aromatic carbocycles. The molecule has 3 rings (SSSR count). The van der Waals surface area contributed by atoms with Gasteiger partial charge in [0, 0.05) is 29.5 Å². The molecule has 0 radical (unpaired) electrons. The molecule has 0 bridgehead atoms. The molecule has 2 aromatic heterocycles. The summed E-state index contributed by atoms with van der Waals surface area (Å²) >= 11 is 6.03. The molecule has 0 aliphatic carbocycles. The highest BCUT2D eigenvalue weighted by molar-refractivity contribution is 6.30. The molecule has 0 aliphatic rings. The number of nitrogens with zero attached hydrogens (tertiary/aromatic N) is 4. The van der Waals surface area contributed by atoms with Crippen molar-refractivity contribution in [3.63, 3.8) is 0 Å². The third kappa shape index (κ3) is 3.33. The predicted molar refractivity (Wildman–Crippen MR) is 92.4 cm³/mol. The van der Waals surface area contributed by atoms with Gasteiger partial charge in [0.1, 0.15) is 0 Å². The van der Waals surface area contributed by atoms with E-state index in [2.05, 4.69) is 15.5 Å².